The van der Waals surface area contributed by atoms with Crippen LogP contribution in [0.4, 0.5) is 5.69 Å². The van der Waals surface area contributed by atoms with Crippen molar-refractivity contribution in [3.63, 3.8) is 0 Å². The summed E-state index contributed by atoms with van der Waals surface area (Å²) >= 11 is 0. The summed E-state index contributed by atoms with van der Waals surface area (Å²) in [6, 6.07) is 16.6. The van der Waals surface area contributed by atoms with E-state index in [1.165, 1.54) is 11.1 Å². The van der Waals surface area contributed by atoms with Gasteiger partial charge in [0.25, 0.3) is 0 Å². The maximum Gasteiger partial charge on any atom is 0.227 e. The number of fused-ring (bicyclic) bond motifs is 1. The van der Waals surface area contributed by atoms with Crippen LogP contribution in [-0.4, -0.2) is 22.0 Å². The molecule has 0 saturated carbocycles. The van der Waals surface area contributed by atoms with Crippen LogP contribution in [0.2, 0.25) is 0 Å². The molecule has 1 aromatic heterocycles. The van der Waals surface area contributed by atoms with E-state index in [9.17, 15) is 4.79 Å². The number of unbranched alkanes of at least 4 members (excludes halogenated alkanes) is 1. The van der Waals surface area contributed by atoms with Gasteiger partial charge in [0.05, 0.1) is 11.0 Å². The van der Waals surface area contributed by atoms with E-state index in [1.807, 2.05) is 23.1 Å². The number of para-hydroxylation sites is 3. The lowest BCUT2D eigenvalue weighted by molar-refractivity contribution is -0.117. The van der Waals surface area contributed by atoms with E-state index in [2.05, 4.69) is 48.7 Å². The molecule has 1 fully saturated rings. The molecule has 2 aromatic carbocycles. The highest BCUT2D eigenvalue weighted by atomic mass is 16.2. The van der Waals surface area contributed by atoms with Gasteiger partial charge in [-0.25, -0.2) is 4.98 Å². The Hall–Kier alpha value is -2.62. The third-order valence-corrected chi connectivity index (χ3v) is 5.57. The van der Waals surface area contributed by atoms with Gasteiger partial charge >= 0.3 is 0 Å². The molecule has 0 bridgehead atoms. The van der Waals surface area contributed by atoms with Crippen molar-refractivity contribution in [2.24, 2.45) is 0 Å². The lowest BCUT2D eigenvalue weighted by Gasteiger charge is -2.20. The number of aromatic nitrogens is 2. The van der Waals surface area contributed by atoms with E-state index in [0.29, 0.717) is 13.0 Å². The van der Waals surface area contributed by atoms with E-state index < -0.39 is 0 Å². The highest BCUT2D eigenvalue weighted by Crippen LogP contribution is 2.34. The molecule has 0 radical (unpaired) electrons. The molecule has 27 heavy (non-hydrogen) atoms. The van der Waals surface area contributed by atoms with Crippen molar-refractivity contribution in [1.29, 1.82) is 0 Å². The molecule has 3 aromatic rings. The average molecular weight is 361 g/mol. The normalized spacial score (nSPS) is 17.2. The third-order valence-electron chi connectivity index (χ3n) is 5.57. The molecule has 4 nitrogen and oxygen atoms in total. The van der Waals surface area contributed by atoms with Crippen molar-refractivity contribution in [2.45, 2.75) is 52.0 Å². The monoisotopic (exact) mass is 361 g/mol. The summed E-state index contributed by atoms with van der Waals surface area (Å²) in [5.41, 5.74) is 4.50. The van der Waals surface area contributed by atoms with E-state index in [0.717, 1.165) is 42.8 Å². The molecule has 4 rings (SSSR count). The zero-order valence-corrected chi connectivity index (χ0v) is 16.2. The van der Waals surface area contributed by atoms with Crippen LogP contribution in [-0.2, 0) is 17.8 Å². The number of nitrogens with zero attached hydrogens (tertiary/aromatic N) is 3. The largest absolute Gasteiger partial charge is 0.328 e. The predicted molar refractivity (Wildman–Crippen MR) is 110 cm³/mol. The van der Waals surface area contributed by atoms with E-state index in [1.54, 1.807) is 0 Å². The Bertz CT molecular complexity index is 959. The summed E-state index contributed by atoms with van der Waals surface area (Å²) < 4.78 is 2.34. The first-order chi connectivity index (χ1) is 13.2. The number of anilines is 1. The van der Waals surface area contributed by atoms with Crippen LogP contribution in [0.5, 0.6) is 0 Å². The van der Waals surface area contributed by atoms with E-state index in [4.69, 9.17) is 4.98 Å². The molecule has 1 aliphatic heterocycles. The molecule has 0 aliphatic carbocycles. The first-order valence-electron chi connectivity index (χ1n) is 10.1. The van der Waals surface area contributed by atoms with Crippen molar-refractivity contribution in [1.82, 2.24) is 9.55 Å². The number of aryl methyl sites for hydroxylation is 2. The summed E-state index contributed by atoms with van der Waals surface area (Å²) in [5.74, 6) is 1.41. The van der Waals surface area contributed by atoms with Crippen LogP contribution in [0, 0.1) is 0 Å². The standard InChI is InChI=1S/C23H27N3O/c1-3-5-14-25-21-13-9-7-11-19(21)24-23(25)18-15-22(27)26(16-18)20-12-8-6-10-17(20)4-2/h6-13,18H,3-5,14-16H2,1-2H3. The van der Waals surface area contributed by atoms with Gasteiger partial charge in [0, 0.05) is 31.1 Å². The Morgan fingerprint density at radius 3 is 2.67 bits per heavy atom. The number of hydrogen-bond donors (Lipinski definition) is 0. The van der Waals surface area contributed by atoms with Crippen LogP contribution >= 0.6 is 0 Å². The highest BCUT2D eigenvalue weighted by molar-refractivity contribution is 5.97. The van der Waals surface area contributed by atoms with Crippen LogP contribution in [0.15, 0.2) is 48.5 Å². The lowest BCUT2D eigenvalue weighted by Crippen LogP contribution is -2.25. The second-order valence-corrected chi connectivity index (χ2v) is 7.35. The summed E-state index contributed by atoms with van der Waals surface area (Å²) in [6.45, 7) is 6.02. The zero-order valence-electron chi connectivity index (χ0n) is 16.2. The molecule has 1 saturated heterocycles. The quantitative estimate of drug-likeness (QED) is 0.625. The molecule has 140 valence electrons. The SMILES string of the molecule is CCCCn1c(C2CC(=O)N(c3ccccc3CC)C2)nc2ccccc21. The molecule has 1 amide bonds. The summed E-state index contributed by atoms with van der Waals surface area (Å²) in [5, 5.41) is 0. The Morgan fingerprint density at radius 1 is 1.07 bits per heavy atom. The van der Waals surface area contributed by atoms with Gasteiger partial charge < -0.3 is 9.47 Å². The molecular formula is C23H27N3O. The minimum atomic E-state index is 0.145. The van der Waals surface area contributed by atoms with Crippen LogP contribution in [0.25, 0.3) is 11.0 Å². The number of carbonyl (C=O) groups excluding carboxylic acids is 1. The molecule has 1 aliphatic rings. The number of amides is 1. The van der Waals surface area contributed by atoms with Crippen molar-refractivity contribution in [3.8, 4) is 0 Å². The van der Waals surface area contributed by atoms with E-state index in [-0.39, 0.29) is 11.8 Å². The van der Waals surface area contributed by atoms with Gasteiger partial charge in [-0.3, -0.25) is 4.79 Å². The predicted octanol–water partition coefficient (Wildman–Crippen LogP) is 4.92. The minimum Gasteiger partial charge on any atom is -0.328 e. The van der Waals surface area contributed by atoms with Gasteiger partial charge in [0.2, 0.25) is 5.91 Å². The lowest BCUT2D eigenvalue weighted by atomic mass is 10.1. The molecule has 0 N–H and O–H groups in total. The Morgan fingerprint density at radius 2 is 1.85 bits per heavy atom. The highest BCUT2D eigenvalue weighted by Gasteiger charge is 2.35. The molecule has 0 spiro atoms. The smallest absolute Gasteiger partial charge is 0.227 e. The second kappa shape index (κ2) is 7.55. The number of carbonyl (C=O) groups is 1. The zero-order chi connectivity index (χ0) is 18.8. The van der Waals surface area contributed by atoms with Gasteiger partial charge in [-0.1, -0.05) is 50.6 Å². The van der Waals surface area contributed by atoms with Gasteiger partial charge in [-0.05, 0) is 36.6 Å². The fourth-order valence-corrected chi connectivity index (χ4v) is 4.14. The Balaban J connectivity index is 1.69. The fraction of sp³-hybridized carbons (Fsp3) is 0.391. The first kappa shape index (κ1) is 17.8. The molecule has 1 atom stereocenters. The number of rotatable bonds is 6. The van der Waals surface area contributed by atoms with Gasteiger partial charge in [0.15, 0.2) is 0 Å². The Labute approximate surface area is 160 Å². The van der Waals surface area contributed by atoms with Crippen molar-refractivity contribution in [2.75, 3.05) is 11.4 Å². The molecular weight excluding hydrogens is 334 g/mol. The van der Waals surface area contributed by atoms with Crippen molar-refractivity contribution < 1.29 is 4.79 Å². The maximum absolute atomic E-state index is 12.9. The molecule has 4 heteroatoms. The summed E-state index contributed by atoms with van der Waals surface area (Å²) in [7, 11) is 0. The summed E-state index contributed by atoms with van der Waals surface area (Å²) in [6.07, 6.45) is 3.73. The van der Waals surface area contributed by atoms with Gasteiger partial charge in [-0.2, -0.15) is 0 Å². The third kappa shape index (κ3) is 3.25. The summed E-state index contributed by atoms with van der Waals surface area (Å²) in [4.78, 5) is 19.8. The van der Waals surface area contributed by atoms with Gasteiger partial charge in [0.1, 0.15) is 5.82 Å². The fourth-order valence-electron chi connectivity index (χ4n) is 4.14. The van der Waals surface area contributed by atoms with Crippen molar-refractivity contribution in [3.05, 3.63) is 59.9 Å². The van der Waals surface area contributed by atoms with Crippen LogP contribution < -0.4 is 4.90 Å². The minimum absolute atomic E-state index is 0.145. The first-order valence-corrected chi connectivity index (χ1v) is 10.1. The maximum atomic E-state index is 12.9. The number of benzene rings is 2. The van der Waals surface area contributed by atoms with Crippen LogP contribution in [0.3, 0.4) is 0 Å². The molecule has 2 heterocycles. The number of hydrogen-bond acceptors (Lipinski definition) is 2. The number of imidazole rings is 1. The second-order valence-electron chi connectivity index (χ2n) is 7.35. The molecule has 1 unspecified atom stereocenters. The van der Waals surface area contributed by atoms with Crippen LogP contribution in [0.1, 0.15) is 50.4 Å². The van der Waals surface area contributed by atoms with Gasteiger partial charge in [-0.15, -0.1) is 0 Å². The Kier molecular flexibility index (Phi) is 4.97. The topological polar surface area (TPSA) is 38.1 Å². The average Bonchev–Trinajstić information content (AvgIpc) is 3.26. The van der Waals surface area contributed by atoms with Crippen molar-refractivity contribution >= 4 is 22.6 Å². The van der Waals surface area contributed by atoms with E-state index >= 15 is 0 Å².